The van der Waals surface area contributed by atoms with Gasteiger partial charge < -0.3 is 5.11 Å². The molecule has 1 N–H and O–H groups in total. The maximum atomic E-state index is 12.4. The number of aromatic hydroxyl groups is 1. The monoisotopic (exact) mass is 305 g/mol. The Morgan fingerprint density at radius 3 is 2.31 bits per heavy atom. The summed E-state index contributed by atoms with van der Waals surface area (Å²) in [6.45, 7) is 0. The van der Waals surface area contributed by atoms with Gasteiger partial charge in [-0.25, -0.2) is 13.8 Å². The molecule has 0 unspecified atom stereocenters. The highest BCUT2D eigenvalue weighted by Gasteiger charge is 2.37. The van der Waals surface area contributed by atoms with Gasteiger partial charge in [-0.2, -0.15) is 13.2 Å². The lowest BCUT2D eigenvalue weighted by atomic mass is 10.2. The number of alkyl halides is 6. The number of nitrogens with zero attached hydrogens (tertiary/aromatic N) is 1. The van der Waals surface area contributed by atoms with Crippen LogP contribution in [0, 0.1) is 0 Å². The second kappa shape index (κ2) is 4.52. The average Bonchev–Trinajstić information content (AvgIpc) is 2.14. The standard InChI is InChI=1S/C8H5BrF5NO/c9-2-3-1-4(16)6(8(12,13)14)15-5(3)7(10)11/h1,7,16H,2H2. The number of aromatic nitrogens is 1. The minimum atomic E-state index is -4.96. The number of hydrogen-bond donors (Lipinski definition) is 1. The van der Waals surface area contributed by atoms with Crippen LogP contribution >= 0.6 is 15.9 Å². The van der Waals surface area contributed by atoms with Gasteiger partial charge in [-0.3, -0.25) is 0 Å². The molecule has 2 nitrogen and oxygen atoms in total. The van der Waals surface area contributed by atoms with E-state index in [0.29, 0.717) is 6.07 Å². The third-order valence-corrected chi connectivity index (χ3v) is 2.34. The molecule has 0 radical (unpaired) electrons. The van der Waals surface area contributed by atoms with Gasteiger partial charge in [-0.05, 0) is 11.6 Å². The second-order valence-electron chi connectivity index (χ2n) is 2.83. The quantitative estimate of drug-likeness (QED) is 0.668. The van der Waals surface area contributed by atoms with Gasteiger partial charge in [0, 0.05) is 5.33 Å². The van der Waals surface area contributed by atoms with Gasteiger partial charge in [-0.1, -0.05) is 15.9 Å². The summed E-state index contributed by atoms with van der Waals surface area (Å²) in [6.07, 6.45) is -8.09. The average molecular weight is 306 g/mol. The molecule has 0 amide bonds. The second-order valence-corrected chi connectivity index (χ2v) is 3.39. The van der Waals surface area contributed by atoms with E-state index >= 15 is 0 Å². The van der Waals surface area contributed by atoms with Crippen molar-refractivity contribution in [3.63, 3.8) is 0 Å². The van der Waals surface area contributed by atoms with E-state index in [4.69, 9.17) is 5.11 Å². The summed E-state index contributed by atoms with van der Waals surface area (Å²) in [5.74, 6) is -1.16. The molecule has 0 fully saturated rings. The lowest BCUT2D eigenvalue weighted by Gasteiger charge is -2.12. The third-order valence-electron chi connectivity index (χ3n) is 1.73. The SMILES string of the molecule is Oc1cc(CBr)c(C(F)F)nc1C(F)(F)F. The molecule has 0 saturated carbocycles. The topological polar surface area (TPSA) is 33.1 Å². The van der Waals surface area contributed by atoms with Gasteiger partial charge >= 0.3 is 6.18 Å². The van der Waals surface area contributed by atoms with Crippen molar-refractivity contribution >= 4 is 15.9 Å². The number of hydrogen-bond acceptors (Lipinski definition) is 2. The first-order valence-corrected chi connectivity index (χ1v) is 5.03. The van der Waals surface area contributed by atoms with E-state index in [1.807, 2.05) is 0 Å². The third kappa shape index (κ3) is 2.60. The summed E-state index contributed by atoms with van der Waals surface area (Å²) in [5.41, 5.74) is -2.87. The molecule has 0 spiro atoms. The van der Waals surface area contributed by atoms with Crippen LogP contribution in [0.4, 0.5) is 22.0 Å². The van der Waals surface area contributed by atoms with E-state index in [2.05, 4.69) is 20.9 Å². The summed E-state index contributed by atoms with van der Waals surface area (Å²) in [4.78, 5) is 2.76. The van der Waals surface area contributed by atoms with Crippen molar-refractivity contribution in [3.8, 4) is 5.75 Å². The van der Waals surface area contributed by atoms with Crippen molar-refractivity contribution in [1.29, 1.82) is 0 Å². The number of rotatable bonds is 2. The molecule has 0 aromatic carbocycles. The van der Waals surface area contributed by atoms with Gasteiger partial charge in [0.15, 0.2) is 5.69 Å². The Balaban J connectivity index is 3.39. The lowest BCUT2D eigenvalue weighted by molar-refractivity contribution is -0.142. The summed E-state index contributed by atoms with van der Waals surface area (Å²) in [7, 11) is 0. The Bertz CT molecular complexity index is 393. The first kappa shape index (κ1) is 13.1. The zero-order valence-electron chi connectivity index (χ0n) is 7.52. The Morgan fingerprint density at radius 2 is 1.94 bits per heavy atom. The molecule has 1 aromatic heterocycles. The van der Waals surface area contributed by atoms with Crippen molar-refractivity contribution in [2.45, 2.75) is 17.9 Å². The van der Waals surface area contributed by atoms with E-state index in [0.717, 1.165) is 0 Å². The zero-order valence-corrected chi connectivity index (χ0v) is 9.11. The molecule has 0 atom stereocenters. The molecular formula is C8H5BrF5NO. The molecule has 16 heavy (non-hydrogen) atoms. The molecule has 8 heteroatoms. The van der Waals surface area contributed by atoms with E-state index < -0.39 is 29.7 Å². The van der Waals surface area contributed by atoms with Crippen LogP contribution in [0.2, 0.25) is 0 Å². The fourth-order valence-corrected chi connectivity index (χ4v) is 1.51. The van der Waals surface area contributed by atoms with Gasteiger partial charge in [0.05, 0.1) is 0 Å². The summed E-state index contributed by atoms with van der Waals surface area (Å²) >= 11 is 2.82. The van der Waals surface area contributed by atoms with Crippen LogP contribution in [-0.2, 0) is 11.5 Å². The van der Waals surface area contributed by atoms with Crippen LogP contribution in [0.5, 0.6) is 5.75 Å². The van der Waals surface area contributed by atoms with E-state index in [1.54, 1.807) is 0 Å². The summed E-state index contributed by atoms with van der Waals surface area (Å²) in [6, 6.07) is 0.631. The van der Waals surface area contributed by atoms with Crippen LogP contribution in [-0.4, -0.2) is 10.1 Å². The molecule has 1 rings (SSSR count). The molecule has 0 aliphatic heterocycles. The molecule has 0 bridgehead atoms. The zero-order chi connectivity index (χ0) is 12.5. The van der Waals surface area contributed by atoms with Gasteiger partial charge in [-0.15, -0.1) is 0 Å². The number of halogens is 6. The van der Waals surface area contributed by atoms with Crippen molar-refractivity contribution in [2.75, 3.05) is 0 Å². The predicted octanol–water partition coefficient (Wildman–Crippen LogP) is 3.64. The van der Waals surface area contributed by atoms with Crippen LogP contribution in [0.15, 0.2) is 6.07 Å². The first-order chi connectivity index (χ1) is 7.27. The van der Waals surface area contributed by atoms with Crippen molar-refractivity contribution in [3.05, 3.63) is 23.0 Å². The van der Waals surface area contributed by atoms with E-state index in [9.17, 15) is 22.0 Å². The maximum absolute atomic E-state index is 12.4. The Hall–Kier alpha value is -0.920. The summed E-state index contributed by atoms with van der Waals surface area (Å²) < 4.78 is 61.5. The Morgan fingerprint density at radius 1 is 1.38 bits per heavy atom. The van der Waals surface area contributed by atoms with Gasteiger partial charge in [0.2, 0.25) is 0 Å². The van der Waals surface area contributed by atoms with Crippen LogP contribution in [0.3, 0.4) is 0 Å². The largest absolute Gasteiger partial charge is 0.506 e. The van der Waals surface area contributed by atoms with Gasteiger partial charge in [0.25, 0.3) is 6.43 Å². The normalized spacial score (nSPS) is 12.2. The minimum Gasteiger partial charge on any atom is -0.506 e. The summed E-state index contributed by atoms with van der Waals surface area (Å²) in [5, 5.41) is 8.90. The lowest BCUT2D eigenvalue weighted by Crippen LogP contribution is -2.11. The van der Waals surface area contributed by atoms with Crippen LogP contribution in [0.25, 0.3) is 0 Å². The van der Waals surface area contributed by atoms with E-state index in [1.165, 1.54) is 0 Å². The van der Waals surface area contributed by atoms with Crippen LogP contribution < -0.4 is 0 Å². The molecule has 90 valence electrons. The molecule has 1 heterocycles. The molecular weight excluding hydrogens is 301 g/mol. The molecule has 0 saturated heterocycles. The molecule has 0 aliphatic rings. The van der Waals surface area contributed by atoms with Crippen molar-refractivity contribution in [1.82, 2.24) is 4.98 Å². The molecule has 1 aromatic rings. The first-order valence-electron chi connectivity index (χ1n) is 3.91. The smallest absolute Gasteiger partial charge is 0.437 e. The van der Waals surface area contributed by atoms with E-state index in [-0.39, 0.29) is 10.9 Å². The minimum absolute atomic E-state index is 0.120. The number of pyridine rings is 1. The highest BCUT2D eigenvalue weighted by Crippen LogP contribution is 2.37. The van der Waals surface area contributed by atoms with Crippen molar-refractivity contribution in [2.24, 2.45) is 0 Å². The van der Waals surface area contributed by atoms with Gasteiger partial charge in [0.1, 0.15) is 11.4 Å². The Labute approximate surface area is 95.2 Å². The highest BCUT2D eigenvalue weighted by molar-refractivity contribution is 9.08. The maximum Gasteiger partial charge on any atom is 0.437 e. The highest BCUT2D eigenvalue weighted by atomic mass is 79.9. The fourth-order valence-electron chi connectivity index (χ4n) is 1.06. The van der Waals surface area contributed by atoms with Crippen LogP contribution in [0.1, 0.15) is 23.4 Å². The molecule has 0 aliphatic carbocycles. The predicted molar refractivity (Wildman–Crippen MR) is 48.5 cm³/mol. The van der Waals surface area contributed by atoms with Crippen molar-refractivity contribution < 1.29 is 27.1 Å². The fraction of sp³-hybridized carbons (Fsp3) is 0.375. The Kier molecular flexibility index (Phi) is 3.72.